The van der Waals surface area contributed by atoms with Crippen molar-refractivity contribution in [3.63, 3.8) is 0 Å². The minimum atomic E-state index is -0.0643. The Morgan fingerprint density at radius 1 is 1.04 bits per heavy atom. The maximum Gasteiger partial charge on any atom is 0.258 e. The van der Waals surface area contributed by atoms with Gasteiger partial charge in [0.15, 0.2) is 0 Å². The van der Waals surface area contributed by atoms with Crippen molar-refractivity contribution in [1.82, 2.24) is 0 Å². The molecule has 0 heterocycles. The molecule has 4 nitrogen and oxygen atoms in total. The minimum absolute atomic E-state index is 0.0388. The van der Waals surface area contributed by atoms with Gasteiger partial charge in [-0.3, -0.25) is 9.59 Å². The standard InChI is InChI=1S/C22H26N2O2/c1-2-24(20-13-4-3-5-14-20)22(26)18-11-8-12-19(16-18)23-21(25)15-17-9-6-7-10-17/h3-5,8,11-14,16-17H,2,6-7,9-10,15H2,1H3,(H,23,25). The molecule has 0 spiro atoms. The Hall–Kier alpha value is -2.62. The molecule has 1 aliphatic carbocycles. The molecule has 2 aromatic carbocycles. The number of carbonyl (C=O) groups is 2. The SMILES string of the molecule is CCN(C(=O)c1cccc(NC(=O)CC2CCCC2)c1)c1ccccc1. The van der Waals surface area contributed by atoms with Gasteiger partial charge in [0.25, 0.3) is 5.91 Å². The van der Waals surface area contributed by atoms with Crippen molar-refractivity contribution >= 4 is 23.2 Å². The number of hydrogen-bond acceptors (Lipinski definition) is 2. The average molecular weight is 350 g/mol. The van der Waals surface area contributed by atoms with Crippen LogP contribution in [0, 0.1) is 5.92 Å². The number of carbonyl (C=O) groups excluding carboxylic acids is 2. The highest BCUT2D eigenvalue weighted by atomic mass is 16.2. The van der Waals surface area contributed by atoms with Crippen LogP contribution < -0.4 is 10.2 Å². The molecule has 0 aromatic heterocycles. The lowest BCUT2D eigenvalue weighted by molar-refractivity contribution is -0.117. The third kappa shape index (κ3) is 4.51. The predicted molar refractivity (Wildman–Crippen MR) is 105 cm³/mol. The van der Waals surface area contributed by atoms with Crippen LogP contribution in [0.25, 0.3) is 0 Å². The van der Waals surface area contributed by atoms with Crippen molar-refractivity contribution in [2.45, 2.75) is 39.0 Å². The molecule has 1 saturated carbocycles. The van der Waals surface area contributed by atoms with Crippen LogP contribution in [0.3, 0.4) is 0 Å². The summed E-state index contributed by atoms with van der Waals surface area (Å²) in [6.45, 7) is 2.54. The third-order valence-electron chi connectivity index (χ3n) is 4.97. The van der Waals surface area contributed by atoms with E-state index in [-0.39, 0.29) is 11.8 Å². The number of hydrogen-bond donors (Lipinski definition) is 1. The summed E-state index contributed by atoms with van der Waals surface area (Å²) in [7, 11) is 0. The van der Waals surface area contributed by atoms with Crippen LogP contribution in [0.15, 0.2) is 54.6 Å². The highest BCUT2D eigenvalue weighted by Gasteiger charge is 2.19. The van der Waals surface area contributed by atoms with Crippen molar-refractivity contribution < 1.29 is 9.59 Å². The van der Waals surface area contributed by atoms with Gasteiger partial charge in [-0.05, 0) is 56.0 Å². The Labute approximate surface area is 155 Å². The Morgan fingerprint density at radius 3 is 2.46 bits per heavy atom. The molecule has 0 radical (unpaired) electrons. The number of rotatable bonds is 6. The Morgan fingerprint density at radius 2 is 1.77 bits per heavy atom. The molecule has 0 saturated heterocycles. The van der Waals surface area contributed by atoms with Crippen LogP contribution in [0.1, 0.15) is 49.4 Å². The van der Waals surface area contributed by atoms with Crippen LogP contribution in [0.2, 0.25) is 0 Å². The van der Waals surface area contributed by atoms with E-state index in [9.17, 15) is 9.59 Å². The number of amides is 2. The van der Waals surface area contributed by atoms with Crippen LogP contribution in [0.4, 0.5) is 11.4 Å². The smallest absolute Gasteiger partial charge is 0.258 e. The Kier molecular flexibility index (Phi) is 6.05. The van der Waals surface area contributed by atoms with Crippen molar-refractivity contribution in [2.75, 3.05) is 16.8 Å². The summed E-state index contributed by atoms with van der Waals surface area (Å²) in [4.78, 5) is 26.9. The fraction of sp³-hybridized carbons (Fsp3) is 0.364. The van der Waals surface area contributed by atoms with Gasteiger partial charge in [0.05, 0.1) is 0 Å². The molecule has 2 aromatic rings. The van der Waals surface area contributed by atoms with Crippen LogP contribution >= 0.6 is 0 Å². The summed E-state index contributed by atoms with van der Waals surface area (Å²) in [5, 5.41) is 2.95. The van der Waals surface area contributed by atoms with E-state index in [0.717, 1.165) is 18.5 Å². The first kappa shape index (κ1) is 18.2. The number of anilines is 2. The summed E-state index contributed by atoms with van der Waals surface area (Å²) in [6.07, 6.45) is 5.33. The van der Waals surface area contributed by atoms with Crippen molar-refractivity contribution in [2.24, 2.45) is 5.92 Å². The Balaban J connectivity index is 1.69. The van der Waals surface area contributed by atoms with Gasteiger partial charge in [-0.15, -0.1) is 0 Å². The molecule has 0 bridgehead atoms. The molecule has 1 N–H and O–H groups in total. The zero-order valence-corrected chi connectivity index (χ0v) is 15.3. The monoisotopic (exact) mass is 350 g/mol. The van der Waals surface area contributed by atoms with Crippen molar-refractivity contribution in [3.05, 3.63) is 60.2 Å². The highest BCUT2D eigenvalue weighted by molar-refractivity contribution is 6.07. The first-order valence-corrected chi connectivity index (χ1v) is 9.44. The largest absolute Gasteiger partial charge is 0.326 e. The van der Waals surface area contributed by atoms with E-state index in [2.05, 4.69) is 5.32 Å². The molecular formula is C22H26N2O2. The average Bonchev–Trinajstić information content (AvgIpc) is 3.16. The van der Waals surface area contributed by atoms with Gasteiger partial charge >= 0.3 is 0 Å². The molecule has 1 fully saturated rings. The summed E-state index contributed by atoms with van der Waals surface area (Å²) in [5.41, 5.74) is 2.13. The number of nitrogens with zero attached hydrogens (tertiary/aromatic N) is 1. The van der Waals surface area contributed by atoms with Gasteiger partial charge in [0.2, 0.25) is 5.91 Å². The van der Waals surface area contributed by atoms with Gasteiger partial charge in [-0.1, -0.05) is 37.1 Å². The summed E-state index contributed by atoms with van der Waals surface area (Å²) in [5.74, 6) is 0.482. The lowest BCUT2D eigenvalue weighted by Crippen LogP contribution is -2.30. The maximum absolute atomic E-state index is 12.9. The van der Waals surface area contributed by atoms with E-state index in [1.165, 1.54) is 12.8 Å². The van der Waals surface area contributed by atoms with E-state index in [0.29, 0.717) is 30.1 Å². The molecule has 26 heavy (non-hydrogen) atoms. The normalized spacial score (nSPS) is 14.2. The lowest BCUT2D eigenvalue weighted by atomic mass is 10.0. The highest BCUT2D eigenvalue weighted by Crippen LogP contribution is 2.28. The molecule has 0 aliphatic heterocycles. The summed E-state index contributed by atoms with van der Waals surface area (Å²) >= 11 is 0. The molecular weight excluding hydrogens is 324 g/mol. The first-order valence-electron chi connectivity index (χ1n) is 9.44. The third-order valence-corrected chi connectivity index (χ3v) is 4.97. The van der Waals surface area contributed by atoms with Gasteiger partial charge in [0, 0.05) is 29.9 Å². The van der Waals surface area contributed by atoms with Gasteiger partial charge < -0.3 is 10.2 Å². The maximum atomic E-state index is 12.9. The fourth-order valence-electron chi connectivity index (χ4n) is 3.63. The topological polar surface area (TPSA) is 49.4 Å². The van der Waals surface area contributed by atoms with E-state index >= 15 is 0 Å². The number of para-hydroxylation sites is 1. The molecule has 1 aliphatic rings. The van der Waals surface area contributed by atoms with E-state index in [1.807, 2.05) is 49.4 Å². The second-order valence-corrected chi connectivity index (χ2v) is 6.87. The van der Waals surface area contributed by atoms with Crippen molar-refractivity contribution in [1.29, 1.82) is 0 Å². The molecule has 3 rings (SSSR count). The number of nitrogens with one attached hydrogen (secondary N) is 1. The molecule has 2 amide bonds. The van der Waals surface area contributed by atoms with Gasteiger partial charge in [-0.2, -0.15) is 0 Å². The zero-order chi connectivity index (χ0) is 18.4. The van der Waals surface area contributed by atoms with Crippen LogP contribution in [0.5, 0.6) is 0 Å². The first-order chi connectivity index (χ1) is 12.7. The zero-order valence-electron chi connectivity index (χ0n) is 15.3. The van der Waals surface area contributed by atoms with E-state index in [1.54, 1.807) is 17.0 Å². The summed E-state index contributed by atoms with van der Waals surface area (Å²) < 4.78 is 0. The van der Waals surface area contributed by atoms with E-state index < -0.39 is 0 Å². The molecule has 0 unspecified atom stereocenters. The van der Waals surface area contributed by atoms with Crippen LogP contribution in [-0.2, 0) is 4.79 Å². The summed E-state index contributed by atoms with van der Waals surface area (Å²) in [6, 6.07) is 16.8. The van der Waals surface area contributed by atoms with Crippen molar-refractivity contribution in [3.8, 4) is 0 Å². The molecule has 136 valence electrons. The predicted octanol–water partition coefficient (Wildman–Crippen LogP) is 4.87. The van der Waals surface area contributed by atoms with Gasteiger partial charge in [-0.25, -0.2) is 0 Å². The molecule has 0 atom stereocenters. The second kappa shape index (κ2) is 8.65. The van der Waals surface area contributed by atoms with E-state index in [4.69, 9.17) is 0 Å². The Bertz CT molecular complexity index is 752. The van der Waals surface area contributed by atoms with Crippen LogP contribution in [-0.4, -0.2) is 18.4 Å². The minimum Gasteiger partial charge on any atom is -0.326 e. The second-order valence-electron chi connectivity index (χ2n) is 6.87. The lowest BCUT2D eigenvalue weighted by Gasteiger charge is -2.21. The quantitative estimate of drug-likeness (QED) is 0.808. The number of benzene rings is 2. The fourth-order valence-corrected chi connectivity index (χ4v) is 3.63. The van der Waals surface area contributed by atoms with Gasteiger partial charge in [0.1, 0.15) is 0 Å². The molecule has 4 heteroatoms.